The predicted molar refractivity (Wildman–Crippen MR) is 129 cm³/mol. The molecule has 1 aliphatic heterocycles. The van der Waals surface area contributed by atoms with Gasteiger partial charge in [-0.1, -0.05) is 0 Å². The number of aryl methyl sites for hydroxylation is 1. The summed E-state index contributed by atoms with van der Waals surface area (Å²) in [6.45, 7) is 7.61. The molecule has 3 atom stereocenters. The van der Waals surface area contributed by atoms with Crippen molar-refractivity contribution in [2.75, 3.05) is 19.8 Å². The van der Waals surface area contributed by atoms with E-state index in [1.165, 1.54) is 0 Å². The Morgan fingerprint density at radius 1 is 1.09 bits per heavy atom. The molecule has 0 saturated carbocycles. The summed E-state index contributed by atoms with van der Waals surface area (Å²) in [5, 5.41) is 0. The Hall–Kier alpha value is -0.581. The van der Waals surface area contributed by atoms with Crippen molar-refractivity contribution < 1.29 is 27.2 Å². The summed E-state index contributed by atoms with van der Waals surface area (Å²) in [4.78, 5) is 0. The molecule has 2 aromatic rings. The Labute approximate surface area is 199 Å². The van der Waals surface area contributed by atoms with Crippen LogP contribution in [0.1, 0.15) is 56.3 Å². The van der Waals surface area contributed by atoms with Crippen LogP contribution in [0.2, 0.25) is 0 Å². The first-order valence-corrected chi connectivity index (χ1v) is 16.1. The number of hydrogen-bond acceptors (Lipinski definition) is 6. The van der Waals surface area contributed by atoms with Crippen LogP contribution >= 0.6 is 14.2 Å². The second-order valence-corrected chi connectivity index (χ2v) is 14.8. The molecule has 0 spiro atoms. The molecule has 3 rings (SSSR count). The van der Waals surface area contributed by atoms with Crippen LogP contribution in [0.4, 0.5) is 0 Å². The second-order valence-electron chi connectivity index (χ2n) is 8.35. The fraction of sp³-hybridized carbons (Fsp3) is 0.478. The van der Waals surface area contributed by atoms with Crippen molar-refractivity contribution in [2.24, 2.45) is 5.41 Å². The minimum atomic E-state index is -3.67. The molecule has 32 heavy (non-hydrogen) atoms. The maximum atomic E-state index is 13.8. The number of hydrogen-bond donors (Lipinski definition) is 0. The van der Waals surface area contributed by atoms with Crippen molar-refractivity contribution in [1.82, 2.24) is 0 Å². The first-order valence-electron chi connectivity index (χ1n) is 10.7. The van der Waals surface area contributed by atoms with Crippen LogP contribution in [-0.4, -0.2) is 35.4 Å². The van der Waals surface area contributed by atoms with Gasteiger partial charge in [0.25, 0.3) is 0 Å². The Balaban J connectivity index is 1.97. The van der Waals surface area contributed by atoms with Crippen molar-refractivity contribution in [3.05, 3.63) is 71.3 Å². The van der Waals surface area contributed by atoms with E-state index in [-0.39, 0.29) is 24.7 Å². The Morgan fingerprint density at radius 3 is 2.25 bits per heavy atom. The van der Waals surface area contributed by atoms with Crippen LogP contribution in [-0.2, 0) is 27.2 Å². The van der Waals surface area contributed by atoms with Gasteiger partial charge in [-0.2, -0.15) is 0 Å². The first-order chi connectivity index (χ1) is 15.1. The Bertz CT molecular complexity index is 914. The molecule has 0 bridgehead atoms. The molecule has 9 heteroatoms. The quantitative estimate of drug-likeness (QED) is 0.251. The van der Waals surface area contributed by atoms with E-state index in [1.807, 2.05) is 61.5 Å². The normalized spacial score (nSPS) is 24.2. The van der Waals surface area contributed by atoms with Crippen molar-refractivity contribution in [3.8, 4) is 0 Å². The van der Waals surface area contributed by atoms with E-state index in [1.54, 1.807) is 13.8 Å². The summed E-state index contributed by atoms with van der Waals surface area (Å²) in [6, 6.07) is 17.6. The van der Waals surface area contributed by atoms with Gasteiger partial charge in [0.15, 0.2) is 0 Å². The van der Waals surface area contributed by atoms with Crippen molar-refractivity contribution in [3.63, 3.8) is 0 Å². The maximum absolute atomic E-state index is 13.8. The zero-order chi connectivity index (χ0) is 23.4. The summed E-state index contributed by atoms with van der Waals surface area (Å²) in [5.74, 6) is -0.991. The SMILES string of the molecule is CCOP(=O)(OCC)C(O[P+]1([Se-])OCC(C)(C)[C@H](c2ccccc2)O1)c1ccc(C)cc1. The van der Waals surface area contributed by atoms with Gasteiger partial charge < -0.3 is 0 Å². The van der Waals surface area contributed by atoms with Gasteiger partial charge in [-0.25, -0.2) is 0 Å². The van der Waals surface area contributed by atoms with Gasteiger partial charge in [0.1, 0.15) is 0 Å². The average molecular weight is 545 g/mol. The summed E-state index contributed by atoms with van der Waals surface area (Å²) < 4.78 is 44.2. The van der Waals surface area contributed by atoms with Gasteiger partial charge in [-0.15, -0.1) is 0 Å². The van der Waals surface area contributed by atoms with E-state index in [0.717, 1.165) is 11.1 Å². The molecule has 0 amide bonds. The van der Waals surface area contributed by atoms with Crippen LogP contribution in [0, 0.1) is 12.3 Å². The van der Waals surface area contributed by atoms with E-state index in [0.29, 0.717) is 12.2 Å². The molecule has 1 fully saturated rings. The molecular weight excluding hydrogens is 513 g/mol. The summed E-state index contributed by atoms with van der Waals surface area (Å²) in [5.41, 5.74) is 2.53. The molecule has 2 aromatic carbocycles. The van der Waals surface area contributed by atoms with Gasteiger partial charge in [-0.05, 0) is 0 Å². The van der Waals surface area contributed by atoms with E-state index in [4.69, 9.17) is 22.6 Å². The Morgan fingerprint density at radius 2 is 1.69 bits per heavy atom. The van der Waals surface area contributed by atoms with Crippen molar-refractivity contribution in [1.29, 1.82) is 0 Å². The molecule has 0 radical (unpaired) electrons. The molecule has 1 saturated heterocycles. The molecular formula is C23H32O6P2Se. The van der Waals surface area contributed by atoms with Gasteiger partial charge in [-0.3, -0.25) is 0 Å². The molecule has 6 nitrogen and oxygen atoms in total. The van der Waals surface area contributed by atoms with Crippen LogP contribution in [0.3, 0.4) is 0 Å². The van der Waals surface area contributed by atoms with Crippen LogP contribution in [0.5, 0.6) is 0 Å². The monoisotopic (exact) mass is 546 g/mol. The van der Waals surface area contributed by atoms with Crippen molar-refractivity contribution >= 4 is 29.8 Å². The standard InChI is InChI=1S/C23H32O6P2Se/c1-6-25-30(24,26-7-2)22(20-15-13-18(3)14-16-20)29-31(32)27-17-23(4,5)21(28-31)19-11-9-8-10-12-19/h8-16,21-22H,6-7,17H2,1-5H3/t21-,22?,31?/m0/s1. The summed E-state index contributed by atoms with van der Waals surface area (Å²) in [6.07, 6.45) is -0.260. The van der Waals surface area contributed by atoms with Gasteiger partial charge in [0.2, 0.25) is 0 Å². The van der Waals surface area contributed by atoms with E-state index >= 15 is 0 Å². The van der Waals surface area contributed by atoms with Gasteiger partial charge in [0, 0.05) is 0 Å². The third-order valence-corrected chi connectivity index (χ3v) is 10.6. The molecule has 1 aliphatic rings. The molecule has 0 aromatic heterocycles. The van der Waals surface area contributed by atoms with Gasteiger partial charge >= 0.3 is 200 Å². The van der Waals surface area contributed by atoms with Crippen molar-refractivity contribution in [2.45, 2.75) is 46.6 Å². The zero-order valence-electron chi connectivity index (χ0n) is 19.2. The summed E-state index contributed by atoms with van der Waals surface area (Å²) in [7, 11) is -3.67. The number of benzene rings is 2. The minimum absolute atomic E-state index is 0.225. The molecule has 176 valence electrons. The summed E-state index contributed by atoms with van der Waals surface area (Å²) >= 11 is 3.01. The third kappa shape index (κ3) is 6.10. The second kappa shape index (κ2) is 10.8. The first kappa shape index (κ1) is 26.0. The predicted octanol–water partition coefficient (Wildman–Crippen LogP) is 6.94. The fourth-order valence-corrected chi connectivity index (χ4v) is 9.48. The molecule has 1 heterocycles. The van der Waals surface area contributed by atoms with Gasteiger partial charge in [0.05, 0.1) is 0 Å². The third-order valence-electron chi connectivity index (χ3n) is 5.14. The van der Waals surface area contributed by atoms with Crippen LogP contribution < -0.4 is 0 Å². The fourth-order valence-electron chi connectivity index (χ4n) is 3.51. The van der Waals surface area contributed by atoms with E-state index < -0.39 is 20.1 Å². The topological polar surface area (TPSA) is 63.2 Å². The zero-order valence-corrected chi connectivity index (χ0v) is 22.7. The Kier molecular flexibility index (Phi) is 8.77. The van der Waals surface area contributed by atoms with E-state index in [9.17, 15) is 4.57 Å². The average Bonchev–Trinajstić information content (AvgIpc) is 2.76. The molecule has 0 aliphatic carbocycles. The van der Waals surface area contributed by atoms with Crippen LogP contribution in [0.15, 0.2) is 54.6 Å². The number of rotatable bonds is 9. The van der Waals surface area contributed by atoms with Crippen LogP contribution in [0.25, 0.3) is 0 Å². The van der Waals surface area contributed by atoms with E-state index in [2.05, 4.69) is 29.4 Å². The molecule has 2 unspecified atom stereocenters. The molecule has 0 N–H and O–H groups in total.